The lowest BCUT2D eigenvalue weighted by molar-refractivity contribution is -0.192. The Morgan fingerprint density at radius 2 is 1.33 bits per heavy atom. The number of carbonyl (C=O) groups excluding carboxylic acids is 1. The number of carboxylic acids is 1. The first-order chi connectivity index (χ1) is 26.9. The van der Waals surface area contributed by atoms with Crippen LogP contribution in [0.5, 0.6) is 11.5 Å². The number of ether oxygens (including phenoxy) is 3. The highest BCUT2D eigenvalue weighted by Gasteiger charge is 2.38. The molecular formula is C37H42BrF3N4O11S2. The molecule has 0 radical (unpaired) electrons. The van der Waals surface area contributed by atoms with E-state index in [9.17, 15) is 34.8 Å². The lowest BCUT2D eigenvalue weighted by Gasteiger charge is -2.24. The summed E-state index contributed by atoms with van der Waals surface area (Å²) in [7, 11) is -1.05. The summed E-state index contributed by atoms with van der Waals surface area (Å²) in [5, 5.41) is 10.2. The first-order valence-corrected chi connectivity index (χ1v) is 20.4. The van der Waals surface area contributed by atoms with E-state index in [1.807, 2.05) is 13.1 Å². The fraction of sp³-hybridized carbons (Fsp3) is 0.297. The lowest BCUT2D eigenvalue weighted by atomic mass is 10.2. The number of halogens is 4. The molecule has 0 aliphatic rings. The number of hydrogen-bond acceptors (Lipinski definition) is 11. The van der Waals surface area contributed by atoms with Crippen LogP contribution in [0.4, 0.5) is 18.0 Å². The van der Waals surface area contributed by atoms with Gasteiger partial charge in [0.2, 0.25) is 0 Å². The summed E-state index contributed by atoms with van der Waals surface area (Å²) in [4.78, 5) is 22.7. The molecule has 0 aliphatic carbocycles. The van der Waals surface area contributed by atoms with Crippen LogP contribution in [0.1, 0.15) is 31.9 Å². The van der Waals surface area contributed by atoms with Crippen molar-refractivity contribution in [3.05, 3.63) is 107 Å². The molecule has 15 nitrogen and oxygen atoms in total. The number of carboxylic acid groups (broad SMARTS) is 1. The molecule has 2 N–H and O–H groups in total. The van der Waals surface area contributed by atoms with Crippen LogP contribution in [-0.2, 0) is 42.7 Å². The molecule has 1 amide bonds. The number of carbonyl (C=O) groups is 2. The summed E-state index contributed by atoms with van der Waals surface area (Å²) in [5.41, 5.74) is 2.17. The zero-order chi connectivity index (χ0) is 43.6. The molecule has 3 heterocycles. The van der Waals surface area contributed by atoms with Gasteiger partial charge in [0, 0.05) is 31.5 Å². The van der Waals surface area contributed by atoms with Crippen molar-refractivity contribution >= 4 is 48.0 Å². The van der Waals surface area contributed by atoms with E-state index in [0.717, 1.165) is 9.54 Å². The van der Waals surface area contributed by atoms with Gasteiger partial charge in [-0.25, -0.2) is 34.4 Å². The van der Waals surface area contributed by atoms with E-state index >= 15 is 0 Å². The number of nitrogens with one attached hydrogen (secondary N) is 1. The van der Waals surface area contributed by atoms with Crippen molar-refractivity contribution in [2.75, 3.05) is 28.3 Å². The summed E-state index contributed by atoms with van der Waals surface area (Å²) in [6.45, 7) is 6.13. The Kier molecular flexibility index (Phi) is 15.8. The smallest absolute Gasteiger partial charge is 0.490 e. The van der Waals surface area contributed by atoms with Crippen LogP contribution < -0.4 is 14.8 Å². The van der Waals surface area contributed by atoms with E-state index in [0.29, 0.717) is 39.5 Å². The Morgan fingerprint density at radius 1 is 0.845 bits per heavy atom. The second kappa shape index (κ2) is 19.5. The van der Waals surface area contributed by atoms with Crippen LogP contribution in [0, 0.1) is 0 Å². The zero-order valence-corrected chi connectivity index (χ0v) is 35.5. The van der Waals surface area contributed by atoms with Gasteiger partial charge in [0.15, 0.2) is 0 Å². The lowest BCUT2D eigenvalue weighted by Crippen LogP contribution is -2.33. The maximum absolute atomic E-state index is 13.0. The van der Waals surface area contributed by atoms with Crippen molar-refractivity contribution in [2.24, 2.45) is 0 Å². The largest absolute Gasteiger partial charge is 0.497 e. The summed E-state index contributed by atoms with van der Waals surface area (Å²) in [5.74, 6) is -1.58. The van der Waals surface area contributed by atoms with Crippen molar-refractivity contribution in [1.29, 1.82) is 0 Å². The molecule has 0 fully saturated rings. The maximum atomic E-state index is 13.0. The Morgan fingerprint density at radius 3 is 1.74 bits per heavy atom. The number of aliphatic carboxylic acids is 1. The molecule has 5 aromatic rings. The average molecular weight is 920 g/mol. The van der Waals surface area contributed by atoms with Crippen LogP contribution in [-0.4, -0.2) is 86.9 Å². The van der Waals surface area contributed by atoms with Gasteiger partial charge in [-0.15, -0.1) is 0 Å². The molecule has 0 unspecified atom stereocenters. The van der Waals surface area contributed by atoms with Crippen molar-refractivity contribution in [1.82, 2.24) is 18.2 Å². The minimum absolute atomic E-state index is 0.131. The first kappa shape index (κ1) is 47.1. The minimum Gasteiger partial charge on any atom is -0.497 e. The van der Waals surface area contributed by atoms with Crippen molar-refractivity contribution < 1.29 is 63.3 Å². The molecule has 3 aromatic heterocycles. The second-order valence-corrected chi connectivity index (χ2v) is 17.5. The molecule has 0 spiro atoms. The van der Waals surface area contributed by atoms with Gasteiger partial charge in [0.25, 0.3) is 20.0 Å². The van der Waals surface area contributed by atoms with E-state index in [1.54, 1.807) is 70.4 Å². The number of aromatic nitrogens is 2. The third kappa shape index (κ3) is 12.6. The summed E-state index contributed by atoms with van der Waals surface area (Å²) in [6.07, 6.45) is 0.579. The summed E-state index contributed by atoms with van der Waals surface area (Å²) in [6, 6.07) is 17.7. The maximum Gasteiger partial charge on any atom is 0.490 e. The number of rotatable bonds is 11. The highest BCUT2D eigenvalue weighted by Crippen LogP contribution is 2.29. The average Bonchev–Trinajstić information content (AvgIpc) is 3.92. The number of alkyl halides is 3. The molecule has 0 atom stereocenters. The summed E-state index contributed by atoms with van der Waals surface area (Å²) < 4.78 is 107. The molecule has 0 bridgehead atoms. The normalized spacial score (nSPS) is 11.7. The molecule has 0 aliphatic heterocycles. The van der Waals surface area contributed by atoms with Gasteiger partial charge in [-0.2, -0.15) is 13.2 Å². The topological polar surface area (TPSA) is 189 Å². The predicted octanol–water partition coefficient (Wildman–Crippen LogP) is 7.21. The molecule has 0 saturated carbocycles. The second-order valence-electron chi connectivity index (χ2n) is 13.0. The molecule has 5 rings (SSSR count). The van der Waals surface area contributed by atoms with Gasteiger partial charge in [-0.1, -0.05) is 0 Å². The molecule has 21 heteroatoms. The first-order valence-electron chi connectivity index (χ1n) is 16.7. The van der Waals surface area contributed by atoms with Crippen LogP contribution in [0.15, 0.2) is 110 Å². The van der Waals surface area contributed by atoms with Crippen molar-refractivity contribution in [3.63, 3.8) is 0 Å². The van der Waals surface area contributed by atoms with E-state index in [4.69, 9.17) is 28.5 Å². The molecule has 58 heavy (non-hydrogen) atoms. The number of amides is 1. The van der Waals surface area contributed by atoms with Crippen LogP contribution in [0.3, 0.4) is 0 Å². The zero-order valence-electron chi connectivity index (χ0n) is 32.3. The van der Waals surface area contributed by atoms with Gasteiger partial charge >= 0.3 is 18.2 Å². The monoisotopic (exact) mass is 918 g/mol. The van der Waals surface area contributed by atoms with E-state index < -0.39 is 43.9 Å². The Bertz CT molecular complexity index is 2360. The molecule has 0 saturated heterocycles. The van der Waals surface area contributed by atoms with Crippen LogP contribution in [0.25, 0.3) is 11.3 Å². The van der Waals surface area contributed by atoms with Crippen LogP contribution in [0.2, 0.25) is 0 Å². The van der Waals surface area contributed by atoms with E-state index in [1.165, 1.54) is 66.1 Å². The van der Waals surface area contributed by atoms with Gasteiger partial charge < -0.3 is 34.0 Å². The van der Waals surface area contributed by atoms with Crippen LogP contribution >= 0.6 is 15.9 Å². The number of nitrogens with zero attached hydrogens (tertiary/aromatic N) is 3. The fourth-order valence-corrected chi connectivity index (χ4v) is 8.38. The molecule has 2 aromatic carbocycles. The fourth-order valence-electron chi connectivity index (χ4n) is 4.75. The van der Waals surface area contributed by atoms with E-state index in [-0.39, 0.29) is 16.3 Å². The standard InChI is InChI=1S/C18H23BrN2O5S.C17H18N2O4S.C2HF3O2/c1-18(2,3)26-17(22)20(4)11-13-10-16(19)21(12-13)27(23,24)15-8-6-14(25-5)7-9-15;1-18-10-13-9-17(14-7-8-23-12-14)19(11-13)24(20,21)16-5-3-15(22-2)4-6-16;3-2(4,5)1(6)7/h6-10,12H,11H2,1-5H3;3-9,11-12,18H,10H2,1-2H3;(H,6,7). The van der Waals surface area contributed by atoms with Gasteiger partial charge in [0.1, 0.15) is 21.7 Å². The molecule has 316 valence electrons. The highest BCUT2D eigenvalue weighted by atomic mass is 79.9. The Hall–Kier alpha value is -5.25. The van der Waals surface area contributed by atoms with Crippen molar-refractivity contribution in [2.45, 2.75) is 55.4 Å². The highest BCUT2D eigenvalue weighted by molar-refractivity contribution is 9.10. The van der Waals surface area contributed by atoms with Crippen molar-refractivity contribution in [3.8, 4) is 22.8 Å². The quantitative estimate of drug-likeness (QED) is 0.136. The van der Waals surface area contributed by atoms with E-state index in [2.05, 4.69) is 21.2 Å². The minimum atomic E-state index is -5.08. The number of hydrogen-bond donors (Lipinski definition) is 2. The third-order valence-corrected chi connectivity index (χ3v) is 11.7. The Balaban J connectivity index is 0.000000268. The number of methoxy groups -OCH3 is 2. The molecular weight excluding hydrogens is 877 g/mol. The Labute approximate surface area is 342 Å². The van der Waals surface area contributed by atoms with Gasteiger partial charge in [-0.05, 0) is 122 Å². The summed E-state index contributed by atoms with van der Waals surface area (Å²) >= 11 is 3.28. The van der Waals surface area contributed by atoms with Gasteiger partial charge in [0.05, 0.1) is 48.8 Å². The predicted molar refractivity (Wildman–Crippen MR) is 210 cm³/mol. The number of furan rings is 1. The SMILES string of the molecule is CNCc1cc(-c2ccoc2)n(S(=O)(=O)c2ccc(OC)cc2)c1.COc1ccc(S(=O)(=O)n2cc(CN(C)C(=O)OC(C)(C)C)cc2Br)cc1.O=C(O)C(F)(F)F. The number of benzene rings is 2. The third-order valence-electron chi connectivity index (χ3n) is 7.44. The van der Waals surface area contributed by atoms with Gasteiger partial charge in [-0.3, -0.25) is 0 Å².